The van der Waals surface area contributed by atoms with Crippen molar-refractivity contribution in [3.8, 4) is 5.69 Å². The van der Waals surface area contributed by atoms with Gasteiger partial charge < -0.3 is 9.47 Å². The number of thioether (sulfide) groups is 1. The van der Waals surface area contributed by atoms with Gasteiger partial charge in [-0.25, -0.2) is 0 Å². The van der Waals surface area contributed by atoms with E-state index in [-0.39, 0.29) is 24.3 Å². The van der Waals surface area contributed by atoms with Crippen molar-refractivity contribution in [2.45, 2.75) is 24.3 Å². The van der Waals surface area contributed by atoms with E-state index >= 15 is 0 Å². The Bertz CT molecular complexity index is 1770. The quantitative estimate of drug-likeness (QED) is 0.184. The number of hydrogen-bond acceptors (Lipinski definition) is 7. The molecule has 0 spiro atoms. The van der Waals surface area contributed by atoms with E-state index in [9.17, 15) is 25.9 Å². The Balaban J connectivity index is 1.55. The van der Waals surface area contributed by atoms with Crippen molar-refractivity contribution in [2.24, 2.45) is 0 Å². The molecule has 206 valence electrons. The summed E-state index contributed by atoms with van der Waals surface area (Å²) in [6.45, 7) is 0.706. The number of aryl methyl sites for hydroxylation is 1. The second-order valence-corrected chi connectivity index (χ2v) is 14.7. The lowest BCUT2D eigenvalue weighted by atomic mass is 10.2. The summed E-state index contributed by atoms with van der Waals surface area (Å²) in [7, 11) is -8.20. The second kappa shape index (κ2) is 11.2. The van der Waals surface area contributed by atoms with Crippen molar-refractivity contribution in [1.82, 2.24) is 4.57 Å². The molecule has 0 radical (unpaired) electrons. The SMILES string of the molecule is O=S(=O)(O)CCCN1/C(=C/c2sc3ccc(Cl)cc3[n+]2CCCS(=O)(=O)O)Sc2ccc(-n3cccc3)cc21. The molecule has 0 aliphatic carbocycles. The third-order valence-corrected chi connectivity index (χ3v) is 10.2. The fourth-order valence-corrected chi connectivity index (χ4v) is 7.86. The number of aromatic nitrogens is 2. The van der Waals surface area contributed by atoms with Gasteiger partial charge in [-0.15, -0.1) is 0 Å². The molecule has 0 atom stereocenters. The fraction of sp³-hybridized carbons (Fsp3) is 0.240. The van der Waals surface area contributed by atoms with Gasteiger partial charge >= 0.3 is 0 Å². The van der Waals surface area contributed by atoms with Crippen molar-refractivity contribution < 1.29 is 30.5 Å². The summed E-state index contributed by atoms with van der Waals surface area (Å²) in [5, 5.41) is 2.27. The molecule has 0 amide bonds. The monoisotopic (exact) mass is 626 g/mol. The average Bonchev–Trinajstić information content (AvgIpc) is 3.57. The van der Waals surface area contributed by atoms with E-state index in [4.69, 9.17) is 11.6 Å². The maximum Gasteiger partial charge on any atom is 0.265 e. The first-order valence-corrected chi connectivity index (χ1v) is 17.2. The highest BCUT2D eigenvalue weighted by molar-refractivity contribution is 8.04. The second-order valence-electron chi connectivity index (χ2n) is 8.96. The van der Waals surface area contributed by atoms with Crippen molar-refractivity contribution in [3.05, 3.63) is 76.0 Å². The molecule has 39 heavy (non-hydrogen) atoms. The van der Waals surface area contributed by atoms with Gasteiger partial charge in [-0.3, -0.25) is 9.11 Å². The van der Waals surface area contributed by atoms with E-state index in [0.717, 1.165) is 36.5 Å². The van der Waals surface area contributed by atoms with E-state index < -0.39 is 20.2 Å². The Kier molecular flexibility index (Phi) is 8.11. The maximum absolute atomic E-state index is 11.4. The molecule has 1 aliphatic rings. The van der Waals surface area contributed by atoms with E-state index in [1.165, 1.54) is 11.3 Å². The first-order valence-electron chi connectivity index (χ1n) is 11.9. The van der Waals surface area contributed by atoms with Gasteiger partial charge in [0.1, 0.15) is 4.70 Å². The smallest absolute Gasteiger partial charge is 0.265 e. The van der Waals surface area contributed by atoms with E-state index in [1.54, 1.807) is 17.8 Å². The van der Waals surface area contributed by atoms with Gasteiger partial charge in [0.25, 0.3) is 25.2 Å². The number of fused-ring (bicyclic) bond motifs is 2. The fourth-order valence-electron chi connectivity index (χ4n) is 4.42. The molecule has 0 unspecified atom stereocenters. The molecule has 2 aromatic heterocycles. The van der Waals surface area contributed by atoms with Crippen LogP contribution in [0, 0.1) is 0 Å². The minimum absolute atomic E-state index is 0.212. The summed E-state index contributed by atoms with van der Waals surface area (Å²) in [6.07, 6.45) is 6.33. The zero-order valence-corrected chi connectivity index (χ0v) is 24.5. The van der Waals surface area contributed by atoms with Crippen molar-refractivity contribution in [3.63, 3.8) is 0 Å². The Labute approximate surface area is 239 Å². The molecule has 4 aromatic rings. The number of benzene rings is 2. The van der Waals surface area contributed by atoms with Crippen molar-refractivity contribution in [2.75, 3.05) is 23.0 Å². The van der Waals surface area contributed by atoms with Crippen LogP contribution in [-0.4, -0.2) is 48.6 Å². The van der Waals surface area contributed by atoms with E-state index in [2.05, 4.69) is 0 Å². The molecule has 9 nitrogen and oxygen atoms in total. The predicted octanol–water partition coefficient (Wildman–Crippen LogP) is 5.10. The first kappa shape index (κ1) is 28.1. The molecule has 0 bridgehead atoms. The van der Waals surface area contributed by atoms with E-state index in [0.29, 0.717) is 18.1 Å². The number of halogens is 1. The van der Waals surface area contributed by atoms with Crippen LogP contribution < -0.4 is 9.47 Å². The molecular weight excluding hydrogens is 602 g/mol. The Hall–Kier alpha value is -2.39. The minimum Gasteiger partial charge on any atom is -0.335 e. The Morgan fingerprint density at radius 3 is 2.38 bits per heavy atom. The average molecular weight is 627 g/mol. The molecule has 2 N–H and O–H groups in total. The van der Waals surface area contributed by atoms with Gasteiger partial charge in [0, 0.05) is 47.0 Å². The Morgan fingerprint density at radius 2 is 1.67 bits per heavy atom. The summed E-state index contributed by atoms with van der Waals surface area (Å²) >= 11 is 9.34. The normalized spacial score (nSPS) is 14.9. The first-order chi connectivity index (χ1) is 18.5. The third kappa shape index (κ3) is 6.85. The summed E-state index contributed by atoms with van der Waals surface area (Å²) in [5.41, 5.74) is 2.73. The summed E-state index contributed by atoms with van der Waals surface area (Å²) in [6, 6.07) is 15.5. The maximum atomic E-state index is 11.4. The topological polar surface area (TPSA) is 121 Å². The lowest BCUT2D eigenvalue weighted by molar-refractivity contribution is -0.668. The lowest BCUT2D eigenvalue weighted by Gasteiger charge is -2.20. The van der Waals surface area contributed by atoms with Crippen LogP contribution in [0.2, 0.25) is 5.02 Å². The molecule has 3 heterocycles. The van der Waals surface area contributed by atoms with Crippen molar-refractivity contribution in [1.29, 1.82) is 0 Å². The third-order valence-electron chi connectivity index (χ3n) is 6.12. The van der Waals surface area contributed by atoms with E-state index in [1.807, 2.05) is 75.0 Å². The number of nitrogens with zero attached hydrogens (tertiary/aromatic N) is 3. The van der Waals surface area contributed by atoms with Crippen LogP contribution in [0.4, 0.5) is 5.69 Å². The van der Waals surface area contributed by atoms with Crippen LogP contribution in [0.5, 0.6) is 0 Å². The number of hydrogen-bond donors (Lipinski definition) is 2. The van der Waals surface area contributed by atoms with Gasteiger partial charge in [0.05, 0.1) is 28.3 Å². The highest BCUT2D eigenvalue weighted by Crippen LogP contribution is 2.47. The highest BCUT2D eigenvalue weighted by atomic mass is 35.5. The zero-order chi connectivity index (χ0) is 27.8. The van der Waals surface area contributed by atoms with Gasteiger partial charge in [-0.1, -0.05) is 34.7 Å². The molecule has 0 saturated heterocycles. The molecule has 2 aromatic carbocycles. The predicted molar refractivity (Wildman–Crippen MR) is 156 cm³/mol. The summed E-state index contributed by atoms with van der Waals surface area (Å²) < 4.78 is 69.0. The van der Waals surface area contributed by atoms with Crippen LogP contribution >= 0.6 is 34.7 Å². The number of rotatable bonds is 10. The van der Waals surface area contributed by atoms with Gasteiger partial charge in [-0.2, -0.15) is 21.4 Å². The zero-order valence-electron chi connectivity index (χ0n) is 20.5. The summed E-state index contributed by atoms with van der Waals surface area (Å²) in [4.78, 5) is 3.05. The standard InChI is InChI=1S/C25H24ClN3O6S4/c26-18-5-7-22-20(15-18)28(11-3-13-38(30,31)32)24(36-22)17-25-29(12-4-14-39(33,34)35)21-16-19(6-8-23(21)37-25)27-9-1-2-10-27/h1-2,5-10,15-17H,3-4,11-14H2,(H-,30,31,32,33,34,35)/p+1. The summed E-state index contributed by atoms with van der Waals surface area (Å²) in [5.74, 6) is -0.719. The lowest BCUT2D eigenvalue weighted by Crippen LogP contribution is -2.36. The number of thiazole rings is 1. The van der Waals surface area contributed by atoms with Crippen molar-refractivity contribution >= 4 is 76.9 Å². The largest absolute Gasteiger partial charge is 0.335 e. The van der Waals surface area contributed by atoms with Gasteiger partial charge in [-0.05, 0) is 48.9 Å². The molecule has 14 heteroatoms. The van der Waals surface area contributed by atoms with Gasteiger partial charge in [0.15, 0.2) is 6.54 Å². The molecular formula is C25H25ClN3O6S4+. The molecule has 0 fully saturated rings. The Morgan fingerprint density at radius 1 is 0.949 bits per heavy atom. The highest BCUT2D eigenvalue weighted by Gasteiger charge is 2.29. The molecule has 1 aliphatic heterocycles. The van der Waals surface area contributed by atoms with Crippen LogP contribution in [0.3, 0.4) is 0 Å². The molecule has 5 rings (SSSR count). The molecule has 0 saturated carbocycles. The minimum atomic E-state index is -4.10. The van der Waals surface area contributed by atoms with Crippen LogP contribution in [0.15, 0.2) is 70.8 Å². The van der Waals surface area contributed by atoms with Crippen LogP contribution in [0.1, 0.15) is 17.8 Å². The van der Waals surface area contributed by atoms with Crippen LogP contribution in [0.25, 0.3) is 22.0 Å². The number of anilines is 1. The van der Waals surface area contributed by atoms with Gasteiger partial charge in [0.2, 0.25) is 5.52 Å². The van der Waals surface area contributed by atoms with Crippen LogP contribution in [-0.2, 0) is 26.8 Å².